The lowest BCUT2D eigenvalue weighted by Gasteiger charge is -2.41. The summed E-state index contributed by atoms with van der Waals surface area (Å²) in [5.74, 6) is 0.290. The van der Waals surface area contributed by atoms with E-state index < -0.39 is 0 Å². The number of carbonyl (C=O) groups is 1. The first-order chi connectivity index (χ1) is 7.00. The predicted octanol–water partition coefficient (Wildman–Crippen LogP) is 0.596. The molecule has 4 heteroatoms. The second-order valence-corrected chi connectivity index (χ2v) is 5.43. The average Bonchev–Trinajstić information content (AvgIpc) is 2.69. The zero-order chi connectivity index (χ0) is 11.1. The molecule has 2 saturated heterocycles. The number of hydrogen-bond acceptors (Lipinski definition) is 3. The average molecular weight is 211 g/mol. The van der Waals surface area contributed by atoms with Gasteiger partial charge in [0.25, 0.3) is 0 Å². The Hall–Kier alpha value is -0.610. The first kappa shape index (κ1) is 10.9. The number of nitrogens with zero attached hydrogens (tertiary/aromatic N) is 2. The van der Waals surface area contributed by atoms with Gasteiger partial charge in [-0.05, 0) is 33.7 Å². The topological polar surface area (TPSA) is 35.6 Å². The van der Waals surface area contributed by atoms with Crippen molar-refractivity contribution in [3.63, 3.8) is 0 Å². The van der Waals surface area contributed by atoms with Crippen molar-refractivity contribution < 1.29 is 4.79 Å². The van der Waals surface area contributed by atoms with Crippen molar-refractivity contribution in [1.29, 1.82) is 0 Å². The lowest BCUT2D eigenvalue weighted by Crippen LogP contribution is -2.54. The quantitative estimate of drug-likeness (QED) is 0.690. The molecule has 2 aliphatic rings. The van der Waals surface area contributed by atoms with Crippen LogP contribution in [0.4, 0.5) is 0 Å². The second kappa shape index (κ2) is 3.76. The van der Waals surface area contributed by atoms with Crippen LogP contribution in [0.1, 0.15) is 33.6 Å². The van der Waals surface area contributed by atoms with Crippen LogP contribution in [0.5, 0.6) is 0 Å². The van der Waals surface area contributed by atoms with Gasteiger partial charge >= 0.3 is 0 Å². The van der Waals surface area contributed by atoms with Crippen molar-refractivity contribution in [3.05, 3.63) is 0 Å². The Kier molecular flexibility index (Phi) is 2.73. The highest BCUT2D eigenvalue weighted by Crippen LogP contribution is 2.26. The zero-order valence-corrected chi connectivity index (χ0v) is 9.92. The molecule has 0 radical (unpaired) electrons. The van der Waals surface area contributed by atoms with Gasteiger partial charge in [0.05, 0.1) is 6.04 Å². The fraction of sp³-hybridized carbons (Fsp3) is 0.909. The van der Waals surface area contributed by atoms with Gasteiger partial charge in [-0.1, -0.05) is 0 Å². The molecule has 0 aromatic carbocycles. The lowest BCUT2D eigenvalue weighted by atomic mass is 10.1. The maximum absolute atomic E-state index is 11.9. The van der Waals surface area contributed by atoms with Crippen molar-refractivity contribution in [3.8, 4) is 0 Å². The van der Waals surface area contributed by atoms with E-state index in [-0.39, 0.29) is 5.54 Å². The van der Waals surface area contributed by atoms with Crippen LogP contribution in [-0.4, -0.2) is 47.1 Å². The molecule has 86 valence electrons. The van der Waals surface area contributed by atoms with E-state index in [2.05, 4.69) is 31.1 Å². The summed E-state index contributed by atoms with van der Waals surface area (Å²) in [6, 6.07) is 0.374. The molecule has 0 bridgehead atoms. The Bertz CT molecular complexity index is 253. The van der Waals surface area contributed by atoms with Crippen molar-refractivity contribution >= 4 is 5.91 Å². The summed E-state index contributed by atoms with van der Waals surface area (Å²) < 4.78 is 0. The molecule has 0 spiro atoms. The largest absolute Gasteiger partial charge is 0.315 e. The maximum Gasteiger partial charge on any atom is 0.238 e. The van der Waals surface area contributed by atoms with E-state index in [0.717, 1.165) is 26.1 Å². The third-order valence-electron chi connectivity index (χ3n) is 3.21. The number of hydrazine groups is 1. The van der Waals surface area contributed by atoms with E-state index >= 15 is 0 Å². The van der Waals surface area contributed by atoms with Gasteiger partial charge in [-0.3, -0.25) is 9.80 Å². The molecule has 1 atom stereocenters. The van der Waals surface area contributed by atoms with Gasteiger partial charge in [0.1, 0.15) is 0 Å². The molecule has 1 unspecified atom stereocenters. The smallest absolute Gasteiger partial charge is 0.238 e. The molecule has 15 heavy (non-hydrogen) atoms. The predicted molar refractivity (Wildman–Crippen MR) is 59.2 cm³/mol. The van der Waals surface area contributed by atoms with E-state index in [1.165, 1.54) is 0 Å². The van der Waals surface area contributed by atoms with E-state index in [9.17, 15) is 4.79 Å². The number of carbonyl (C=O) groups excluding carboxylic acids is 1. The van der Waals surface area contributed by atoms with Gasteiger partial charge in [-0.25, -0.2) is 5.01 Å². The molecule has 0 saturated carbocycles. The van der Waals surface area contributed by atoms with Crippen LogP contribution in [0, 0.1) is 0 Å². The van der Waals surface area contributed by atoms with Crippen molar-refractivity contribution in [2.75, 3.05) is 19.6 Å². The summed E-state index contributed by atoms with van der Waals surface area (Å²) in [4.78, 5) is 11.9. The van der Waals surface area contributed by atoms with Gasteiger partial charge in [0.2, 0.25) is 5.91 Å². The number of rotatable bonds is 1. The van der Waals surface area contributed by atoms with E-state index in [0.29, 0.717) is 18.4 Å². The lowest BCUT2D eigenvalue weighted by molar-refractivity contribution is -0.150. The normalized spacial score (nSPS) is 29.1. The van der Waals surface area contributed by atoms with Crippen LogP contribution >= 0.6 is 0 Å². The molecule has 0 aromatic rings. The van der Waals surface area contributed by atoms with Crippen LogP contribution in [-0.2, 0) is 4.79 Å². The Labute approximate surface area is 91.6 Å². The Morgan fingerprint density at radius 1 is 1.40 bits per heavy atom. The fourth-order valence-corrected chi connectivity index (χ4v) is 2.47. The molecule has 1 N–H and O–H groups in total. The maximum atomic E-state index is 11.9. The van der Waals surface area contributed by atoms with Gasteiger partial charge in [-0.2, -0.15) is 0 Å². The minimum atomic E-state index is 0.0503. The Balaban J connectivity index is 2.14. The number of nitrogens with one attached hydrogen (secondary N) is 1. The summed E-state index contributed by atoms with van der Waals surface area (Å²) in [6.45, 7) is 9.35. The van der Waals surface area contributed by atoms with Gasteiger partial charge in [-0.15, -0.1) is 0 Å². The van der Waals surface area contributed by atoms with Crippen molar-refractivity contribution in [2.45, 2.75) is 45.2 Å². The standard InChI is InChI=1S/C11H21N3O/c1-11(2,3)13-7-5-10(15)14(13)9-4-6-12-8-9/h9,12H,4-8H2,1-3H3. The molecule has 0 aromatic heterocycles. The molecule has 0 aliphatic carbocycles. The summed E-state index contributed by atoms with van der Waals surface area (Å²) in [6.07, 6.45) is 1.76. The van der Waals surface area contributed by atoms with E-state index in [1.807, 2.05) is 5.01 Å². The summed E-state index contributed by atoms with van der Waals surface area (Å²) in [7, 11) is 0. The molecule has 2 fully saturated rings. The molecule has 4 nitrogen and oxygen atoms in total. The molecular formula is C11H21N3O. The highest BCUT2D eigenvalue weighted by Gasteiger charge is 2.40. The molecule has 2 aliphatic heterocycles. The molecule has 1 amide bonds. The zero-order valence-electron chi connectivity index (χ0n) is 9.92. The monoisotopic (exact) mass is 211 g/mol. The first-order valence-electron chi connectivity index (χ1n) is 5.80. The Morgan fingerprint density at radius 3 is 2.67 bits per heavy atom. The van der Waals surface area contributed by atoms with E-state index in [1.54, 1.807) is 0 Å². The van der Waals surface area contributed by atoms with Crippen molar-refractivity contribution in [1.82, 2.24) is 15.3 Å². The van der Waals surface area contributed by atoms with Crippen LogP contribution in [0.2, 0.25) is 0 Å². The van der Waals surface area contributed by atoms with Gasteiger partial charge < -0.3 is 5.32 Å². The third kappa shape index (κ3) is 2.01. The summed E-state index contributed by atoms with van der Waals surface area (Å²) in [5, 5.41) is 7.55. The molecule has 2 heterocycles. The van der Waals surface area contributed by atoms with Crippen molar-refractivity contribution in [2.24, 2.45) is 0 Å². The Morgan fingerprint density at radius 2 is 2.13 bits per heavy atom. The SMILES string of the molecule is CC(C)(C)N1CCC(=O)N1C1CCNC1. The minimum Gasteiger partial charge on any atom is -0.315 e. The fourth-order valence-electron chi connectivity index (χ4n) is 2.47. The second-order valence-electron chi connectivity index (χ2n) is 5.43. The van der Waals surface area contributed by atoms with Crippen LogP contribution in [0.25, 0.3) is 0 Å². The van der Waals surface area contributed by atoms with Gasteiger partial charge in [0, 0.05) is 25.0 Å². The number of amides is 1. The molecular weight excluding hydrogens is 190 g/mol. The highest BCUT2D eigenvalue weighted by atomic mass is 16.2. The minimum absolute atomic E-state index is 0.0503. The number of hydrogen-bond donors (Lipinski definition) is 1. The summed E-state index contributed by atoms with van der Waals surface area (Å²) in [5.41, 5.74) is 0.0503. The van der Waals surface area contributed by atoms with Gasteiger partial charge in [0.15, 0.2) is 0 Å². The first-order valence-corrected chi connectivity index (χ1v) is 5.80. The third-order valence-corrected chi connectivity index (χ3v) is 3.21. The van der Waals surface area contributed by atoms with Crippen LogP contribution in [0.3, 0.4) is 0 Å². The van der Waals surface area contributed by atoms with Crippen LogP contribution < -0.4 is 5.32 Å². The van der Waals surface area contributed by atoms with Crippen LogP contribution in [0.15, 0.2) is 0 Å². The van der Waals surface area contributed by atoms with E-state index in [4.69, 9.17) is 0 Å². The summed E-state index contributed by atoms with van der Waals surface area (Å²) >= 11 is 0. The molecule has 2 rings (SSSR count). The highest BCUT2D eigenvalue weighted by molar-refractivity contribution is 5.78.